The zero-order chi connectivity index (χ0) is 21.2. The first-order valence-corrected chi connectivity index (χ1v) is 12.9. The summed E-state index contributed by atoms with van der Waals surface area (Å²) in [4.78, 5) is 0. The van der Waals surface area contributed by atoms with E-state index in [1.165, 1.54) is 0 Å². The fourth-order valence-corrected chi connectivity index (χ4v) is 6.69. The van der Waals surface area contributed by atoms with E-state index in [0.29, 0.717) is 24.3 Å². The van der Waals surface area contributed by atoms with E-state index in [1.807, 2.05) is 19.1 Å². The molecule has 0 spiro atoms. The van der Waals surface area contributed by atoms with Gasteiger partial charge in [-0.2, -0.15) is 0 Å². The van der Waals surface area contributed by atoms with Crippen molar-refractivity contribution >= 4 is 15.3 Å². The molecule has 0 aromatic heterocycles. The fourth-order valence-electron chi connectivity index (χ4n) is 2.60. The minimum atomic E-state index is -3.88. The van der Waals surface area contributed by atoms with E-state index >= 15 is 0 Å². The summed E-state index contributed by atoms with van der Waals surface area (Å²) < 4.78 is 49.4. The maximum Gasteiger partial charge on any atom is 0.448 e. The van der Waals surface area contributed by atoms with Crippen LogP contribution in [-0.2, 0) is 18.2 Å². The average Bonchev–Trinajstić information content (AvgIpc) is 2.69. The predicted molar refractivity (Wildman–Crippen MR) is 114 cm³/mol. The first kappa shape index (κ1) is 23.7. The van der Waals surface area contributed by atoms with E-state index in [0.717, 1.165) is 0 Å². The van der Waals surface area contributed by atoms with Crippen molar-refractivity contribution in [1.82, 2.24) is 5.09 Å². The highest BCUT2D eigenvalue weighted by Gasteiger charge is 2.43. The van der Waals surface area contributed by atoms with Crippen molar-refractivity contribution in [1.29, 1.82) is 0 Å². The van der Waals surface area contributed by atoms with Crippen molar-refractivity contribution in [3.8, 4) is 11.5 Å². The summed E-state index contributed by atoms with van der Waals surface area (Å²) in [5, 5.41) is 2.81. The molecule has 7 nitrogen and oxygen atoms in total. The second-order valence-electron chi connectivity index (χ2n) is 6.12. The van der Waals surface area contributed by atoms with E-state index in [1.54, 1.807) is 62.4 Å². The monoisotopic (exact) mass is 441 g/mol. The van der Waals surface area contributed by atoms with Gasteiger partial charge in [-0.3, -0.25) is 9.05 Å². The fraction of sp³-hybridized carbons (Fsp3) is 0.400. The molecule has 29 heavy (non-hydrogen) atoms. The quantitative estimate of drug-likeness (QED) is 0.369. The molecule has 2 aromatic carbocycles. The van der Waals surface area contributed by atoms with Crippen LogP contribution in [0, 0.1) is 0 Å². The summed E-state index contributed by atoms with van der Waals surface area (Å²) in [5.74, 6) is -0.133. The number of benzene rings is 2. The third-order valence-electron chi connectivity index (χ3n) is 3.80. The lowest BCUT2D eigenvalue weighted by Gasteiger charge is -2.30. The maximum absolute atomic E-state index is 14.0. The highest BCUT2D eigenvalue weighted by molar-refractivity contribution is 7.57. The summed E-state index contributed by atoms with van der Waals surface area (Å²) in [5.41, 5.74) is 0. The van der Waals surface area contributed by atoms with Crippen LogP contribution in [0.15, 0.2) is 60.7 Å². The first-order chi connectivity index (χ1) is 13.9. The summed E-state index contributed by atoms with van der Waals surface area (Å²) in [6.07, 6.45) is 1.03. The van der Waals surface area contributed by atoms with Crippen molar-refractivity contribution in [3.63, 3.8) is 0 Å². The Morgan fingerprint density at radius 1 is 0.793 bits per heavy atom. The molecule has 9 heteroatoms. The largest absolute Gasteiger partial charge is 0.448 e. The third kappa shape index (κ3) is 7.29. The van der Waals surface area contributed by atoms with Gasteiger partial charge in [0.1, 0.15) is 17.3 Å². The van der Waals surface area contributed by atoms with E-state index < -0.39 is 21.1 Å². The molecular formula is C20H29NO6P2. The SMILES string of the molecule is CCCC(NP(=O)(OCC)OCC)P(=O)(Oc1ccccc1)Oc1ccccc1. The molecule has 0 aliphatic rings. The molecule has 160 valence electrons. The molecule has 0 aliphatic heterocycles. The lowest BCUT2D eigenvalue weighted by atomic mass is 10.3. The molecule has 2 aromatic rings. The number of hydrogen-bond donors (Lipinski definition) is 1. The van der Waals surface area contributed by atoms with Gasteiger partial charge in [-0.15, -0.1) is 0 Å². The van der Waals surface area contributed by atoms with E-state index in [-0.39, 0.29) is 13.2 Å². The van der Waals surface area contributed by atoms with Gasteiger partial charge >= 0.3 is 15.3 Å². The Morgan fingerprint density at radius 3 is 1.62 bits per heavy atom. The normalized spacial score (nSPS) is 13.1. The summed E-state index contributed by atoms with van der Waals surface area (Å²) >= 11 is 0. The van der Waals surface area contributed by atoms with Crippen molar-refractivity contribution < 1.29 is 27.2 Å². The molecule has 0 radical (unpaired) electrons. The zero-order valence-electron chi connectivity index (χ0n) is 17.0. The minimum absolute atomic E-state index is 0.173. The Balaban J connectivity index is 2.40. The molecular weight excluding hydrogens is 412 g/mol. The Bertz CT molecular complexity index is 763. The van der Waals surface area contributed by atoms with Crippen LogP contribution >= 0.6 is 15.3 Å². The number of rotatable bonds is 13. The molecule has 1 unspecified atom stereocenters. The van der Waals surface area contributed by atoms with Crippen molar-refractivity contribution in [2.75, 3.05) is 13.2 Å². The molecule has 0 saturated carbocycles. The van der Waals surface area contributed by atoms with Gasteiger partial charge in [0.2, 0.25) is 0 Å². The Kier molecular flexibility index (Phi) is 9.41. The second kappa shape index (κ2) is 11.5. The minimum Gasteiger partial charge on any atom is -0.415 e. The van der Waals surface area contributed by atoms with Crippen LogP contribution < -0.4 is 14.1 Å². The average molecular weight is 441 g/mol. The van der Waals surface area contributed by atoms with Crippen molar-refractivity contribution in [2.24, 2.45) is 0 Å². The van der Waals surface area contributed by atoms with E-state index in [9.17, 15) is 9.13 Å². The summed E-state index contributed by atoms with van der Waals surface area (Å²) in [6, 6.07) is 17.5. The molecule has 1 N–H and O–H groups in total. The van der Waals surface area contributed by atoms with Crippen LogP contribution in [0.4, 0.5) is 0 Å². The van der Waals surface area contributed by atoms with Crippen LogP contribution in [-0.4, -0.2) is 19.0 Å². The van der Waals surface area contributed by atoms with Gasteiger partial charge in [-0.05, 0) is 44.5 Å². The Hall–Kier alpha value is -1.62. The van der Waals surface area contributed by atoms with Gasteiger partial charge in [0.15, 0.2) is 0 Å². The maximum atomic E-state index is 14.0. The lowest BCUT2D eigenvalue weighted by molar-refractivity contribution is 0.207. The second-order valence-corrected chi connectivity index (χ2v) is 9.95. The highest BCUT2D eigenvalue weighted by atomic mass is 31.2. The molecule has 2 rings (SSSR count). The van der Waals surface area contributed by atoms with Gasteiger partial charge in [0.05, 0.1) is 13.2 Å². The van der Waals surface area contributed by atoms with Gasteiger partial charge in [-0.1, -0.05) is 49.7 Å². The molecule has 0 amide bonds. The molecule has 0 aliphatic carbocycles. The molecule has 0 saturated heterocycles. The predicted octanol–water partition coefficient (Wildman–Crippen LogP) is 6.23. The summed E-state index contributed by atoms with van der Waals surface area (Å²) in [6.45, 7) is 5.70. The summed E-state index contributed by atoms with van der Waals surface area (Å²) in [7, 11) is -7.57. The lowest BCUT2D eigenvalue weighted by Crippen LogP contribution is -2.31. The number of nitrogens with one attached hydrogen (secondary N) is 1. The standard InChI is InChI=1S/C20H29NO6P2/c1-4-13-20(21-29(23,24-5-2)25-6-3)28(22,26-18-14-9-7-10-15-18)27-19-16-11-8-12-17-19/h7-12,14-17,20H,4-6,13H2,1-3H3,(H,21,23). The van der Waals surface area contributed by atoms with Gasteiger partial charge in [0, 0.05) is 0 Å². The van der Waals surface area contributed by atoms with Crippen LogP contribution in [0.1, 0.15) is 33.6 Å². The van der Waals surface area contributed by atoms with Crippen LogP contribution in [0.25, 0.3) is 0 Å². The Morgan fingerprint density at radius 2 is 1.24 bits per heavy atom. The number of hydrogen-bond acceptors (Lipinski definition) is 6. The first-order valence-electron chi connectivity index (χ1n) is 9.70. The van der Waals surface area contributed by atoms with Crippen molar-refractivity contribution in [3.05, 3.63) is 60.7 Å². The molecule has 0 bridgehead atoms. The van der Waals surface area contributed by atoms with Gasteiger partial charge in [0.25, 0.3) is 0 Å². The third-order valence-corrected chi connectivity index (χ3v) is 7.91. The van der Waals surface area contributed by atoms with E-state index in [4.69, 9.17) is 18.1 Å². The van der Waals surface area contributed by atoms with Crippen LogP contribution in [0.5, 0.6) is 11.5 Å². The number of para-hydroxylation sites is 2. The van der Waals surface area contributed by atoms with Crippen molar-refractivity contribution in [2.45, 2.75) is 39.4 Å². The Labute approximate surface area is 172 Å². The van der Waals surface area contributed by atoms with Crippen LogP contribution in [0.2, 0.25) is 0 Å². The zero-order valence-corrected chi connectivity index (χ0v) is 18.8. The highest BCUT2D eigenvalue weighted by Crippen LogP contribution is 2.57. The van der Waals surface area contributed by atoms with Gasteiger partial charge in [-0.25, -0.2) is 14.2 Å². The molecule has 0 fully saturated rings. The molecule has 1 atom stereocenters. The van der Waals surface area contributed by atoms with Crippen LogP contribution in [0.3, 0.4) is 0 Å². The van der Waals surface area contributed by atoms with Gasteiger partial charge < -0.3 is 9.05 Å². The smallest absolute Gasteiger partial charge is 0.415 e. The van der Waals surface area contributed by atoms with E-state index in [2.05, 4.69) is 5.09 Å². The topological polar surface area (TPSA) is 83.1 Å². The molecule has 0 heterocycles.